The van der Waals surface area contributed by atoms with Crippen molar-refractivity contribution in [3.05, 3.63) is 0 Å². The summed E-state index contributed by atoms with van der Waals surface area (Å²) in [6.45, 7) is 5.03. The molecule has 0 aliphatic carbocycles. The summed E-state index contributed by atoms with van der Waals surface area (Å²) in [5.74, 6) is -0.488. The van der Waals surface area contributed by atoms with Gasteiger partial charge in [0.1, 0.15) is 11.6 Å². The van der Waals surface area contributed by atoms with Crippen LogP contribution >= 0.6 is 0 Å². The third kappa shape index (κ3) is 5.96. The van der Waals surface area contributed by atoms with Crippen LogP contribution in [0.5, 0.6) is 0 Å². The van der Waals surface area contributed by atoms with Crippen LogP contribution in [0.1, 0.15) is 27.2 Å². The van der Waals surface area contributed by atoms with Crippen molar-refractivity contribution < 1.29 is 31.8 Å². The number of hydrogen-bond donors (Lipinski definition) is 0. The number of amides is 2. The Balaban J connectivity index is 2.97. The predicted octanol–water partition coefficient (Wildman–Crippen LogP) is 0.360. The molecule has 0 saturated carbocycles. The minimum atomic E-state index is -3.70. The molecule has 1 heterocycles. The van der Waals surface area contributed by atoms with E-state index >= 15 is 0 Å². The molecule has 23 heavy (non-hydrogen) atoms. The normalized spacial score (nSPS) is 22.1. The lowest BCUT2D eigenvalue weighted by atomic mass is 10.2. The molecule has 1 rings (SSSR count). The molecule has 1 aliphatic heterocycles. The predicted molar refractivity (Wildman–Crippen MR) is 80.8 cm³/mol. The molecule has 0 aromatic heterocycles. The number of carbonyl (C=O) groups is 2. The first-order valence-electron chi connectivity index (χ1n) is 7.03. The first-order chi connectivity index (χ1) is 10.3. The molecule has 0 unspecified atom stereocenters. The number of likely N-dealkylation sites (tertiary alicyclic amines) is 1. The largest absolute Gasteiger partial charge is 0.444 e. The summed E-state index contributed by atoms with van der Waals surface area (Å²) in [6, 6.07) is -0.915. The maximum Gasteiger partial charge on any atom is 0.411 e. The molecule has 10 heteroatoms. The highest BCUT2D eigenvalue weighted by molar-refractivity contribution is 7.86. The van der Waals surface area contributed by atoms with Crippen molar-refractivity contribution in [2.45, 2.75) is 44.9 Å². The van der Waals surface area contributed by atoms with E-state index in [2.05, 4.69) is 0 Å². The monoisotopic (exact) mass is 352 g/mol. The van der Waals surface area contributed by atoms with Crippen LogP contribution in [0.3, 0.4) is 0 Å². The van der Waals surface area contributed by atoms with Crippen LogP contribution in [-0.2, 0) is 28.7 Å². The third-order valence-corrected chi connectivity index (χ3v) is 3.69. The van der Waals surface area contributed by atoms with Gasteiger partial charge in [-0.3, -0.25) is 18.7 Å². The maximum absolute atomic E-state index is 12.3. The smallest absolute Gasteiger partial charge is 0.411 e. The molecule has 0 spiro atoms. The van der Waals surface area contributed by atoms with Crippen LogP contribution in [-0.4, -0.2) is 75.1 Å². The summed E-state index contributed by atoms with van der Waals surface area (Å²) >= 11 is 0. The van der Waals surface area contributed by atoms with Crippen molar-refractivity contribution in [1.82, 2.24) is 9.96 Å². The van der Waals surface area contributed by atoms with E-state index in [9.17, 15) is 18.0 Å². The fourth-order valence-corrected chi connectivity index (χ4v) is 2.80. The van der Waals surface area contributed by atoms with Crippen molar-refractivity contribution >= 4 is 22.1 Å². The topological polar surface area (TPSA) is 102 Å². The zero-order valence-corrected chi connectivity index (χ0v) is 15.0. The molecular formula is C13H24N2O7S. The van der Waals surface area contributed by atoms with Gasteiger partial charge < -0.3 is 4.74 Å². The van der Waals surface area contributed by atoms with E-state index in [4.69, 9.17) is 13.8 Å². The van der Waals surface area contributed by atoms with Crippen molar-refractivity contribution in [2.24, 2.45) is 0 Å². The van der Waals surface area contributed by atoms with Crippen molar-refractivity contribution in [3.8, 4) is 0 Å². The van der Waals surface area contributed by atoms with Gasteiger partial charge in [0.2, 0.25) is 0 Å². The van der Waals surface area contributed by atoms with Gasteiger partial charge in [-0.05, 0) is 20.8 Å². The van der Waals surface area contributed by atoms with Gasteiger partial charge in [0.05, 0.1) is 26.0 Å². The number of hydroxylamine groups is 2. The highest BCUT2D eigenvalue weighted by Gasteiger charge is 2.44. The van der Waals surface area contributed by atoms with E-state index in [0.717, 1.165) is 11.3 Å². The summed E-state index contributed by atoms with van der Waals surface area (Å²) in [4.78, 5) is 30.6. The average Bonchev–Trinajstić information content (AvgIpc) is 2.76. The summed E-state index contributed by atoms with van der Waals surface area (Å²) in [7, 11) is -0.984. The summed E-state index contributed by atoms with van der Waals surface area (Å²) < 4.78 is 32.7. The molecule has 0 radical (unpaired) electrons. The molecule has 0 aromatic carbocycles. The Morgan fingerprint density at radius 1 is 1.26 bits per heavy atom. The van der Waals surface area contributed by atoms with Crippen LogP contribution in [0, 0.1) is 0 Å². The number of nitrogens with zero attached hydrogens (tertiary/aromatic N) is 2. The van der Waals surface area contributed by atoms with Gasteiger partial charge in [-0.2, -0.15) is 8.42 Å². The van der Waals surface area contributed by atoms with E-state index < -0.39 is 39.9 Å². The second-order valence-corrected chi connectivity index (χ2v) is 7.93. The zero-order chi connectivity index (χ0) is 18.0. The highest BCUT2D eigenvalue weighted by Crippen LogP contribution is 2.25. The lowest BCUT2D eigenvalue weighted by Gasteiger charge is -2.29. The van der Waals surface area contributed by atoms with Gasteiger partial charge in [0, 0.05) is 13.5 Å². The zero-order valence-electron chi connectivity index (χ0n) is 14.2. The van der Waals surface area contributed by atoms with Crippen molar-refractivity contribution in [2.75, 3.05) is 27.0 Å². The van der Waals surface area contributed by atoms with E-state index in [0.29, 0.717) is 0 Å². The molecule has 0 bridgehead atoms. The van der Waals surface area contributed by atoms with Gasteiger partial charge in [-0.25, -0.2) is 9.86 Å². The number of ether oxygens (including phenoxy) is 1. The number of carbonyl (C=O) groups excluding carboxylic acids is 2. The Labute approximate surface area is 136 Å². The molecule has 1 saturated heterocycles. The van der Waals surface area contributed by atoms with E-state index in [1.807, 2.05) is 0 Å². The second kappa shape index (κ2) is 7.02. The SMILES string of the molecule is CON(C)C(=O)[C@@H]1C[C@@H](OS(C)(=O)=O)CN1C(=O)OC(C)(C)C. The van der Waals surface area contributed by atoms with E-state index in [1.54, 1.807) is 20.8 Å². The number of rotatable bonds is 4. The molecule has 134 valence electrons. The molecule has 1 aliphatic rings. The van der Waals surface area contributed by atoms with Gasteiger partial charge in [0.15, 0.2) is 0 Å². The van der Waals surface area contributed by atoms with Crippen LogP contribution in [0.15, 0.2) is 0 Å². The lowest BCUT2D eigenvalue weighted by Crippen LogP contribution is -2.47. The van der Waals surface area contributed by atoms with Gasteiger partial charge >= 0.3 is 6.09 Å². The van der Waals surface area contributed by atoms with E-state index in [-0.39, 0.29) is 13.0 Å². The Hall–Kier alpha value is -1.39. The summed E-state index contributed by atoms with van der Waals surface area (Å²) in [6.07, 6.45) is -0.559. The molecule has 9 nitrogen and oxygen atoms in total. The van der Waals surface area contributed by atoms with E-state index in [1.165, 1.54) is 19.1 Å². The molecule has 1 fully saturated rings. The molecule has 0 aromatic rings. The summed E-state index contributed by atoms with van der Waals surface area (Å²) in [5, 5.41) is 0.977. The van der Waals surface area contributed by atoms with Gasteiger partial charge in [-0.1, -0.05) is 0 Å². The van der Waals surface area contributed by atoms with Crippen LogP contribution < -0.4 is 0 Å². The molecule has 0 N–H and O–H groups in total. The lowest BCUT2D eigenvalue weighted by molar-refractivity contribution is -0.173. The Morgan fingerprint density at radius 2 is 1.83 bits per heavy atom. The minimum Gasteiger partial charge on any atom is -0.444 e. The number of hydrogen-bond acceptors (Lipinski definition) is 7. The summed E-state index contributed by atoms with van der Waals surface area (Å²) in [5.41, 5.74) is -0.742. The quantitative estimate of drug-likeness (QED) is 0.532. The third-order valence-electron chi connectivity index (χ3n) is 3.07. The van der Waals surface area contributed by atoms with Gasteiger partial charge in [-0.15, -0.1) is 0 Å². The fourth-order valence-electron chi connectivity index (χ4n) is 2.17. The first kappa shape index (κ1) is 19.7. The van der Waals surface area contributed by atoms with Crippen LogP contribution in [0.4, 0.5) is 4.79 Å². The Morgan fingerprint density at radius 3 is 2.26 bits per heavy atom. The molecular weight excluding hydrogens is 328 g/mol. The fraction of sp³-hybridized carbons (Fsp3) is 0.846. The van der Waals surface area contributed by atoms with Crippen LogP contribution in [0.25, 0.3) is 0 Å². The first-order valence-corrected chi connectivity index (χ1v) is 8.85. The minimum absolute atomic E-state index is 0.0405. The standard InChI is InChI=1S/C13H24N2O7S/c1-13(2,3)21-12(17)15-8-9(22-23(6,18)19)7-10(15)11(16)14(4)20-5/h9-10H,7-8H2,1-6H3/t9-,10+/m1/s1. The average molecular weight is 352 g/mol. The van der Waals surface area contributed by atoms with Crippen molar-refractivity contribution in [1.29, 1.82) is 0 Å². The Kier molecular flexibility index (Phi) is 6.00. The second-order valence-electron chi connectivity index (χ2n) is 6.32. The van der Waals surface area contributed by atoms with Crippen LogP contribution in [0.2, 0.25) is 0 Å². The van der Waals surface area contributed by atoms with Crippen molar-refractivity contribution in [3.63, 3.8) is 0 Å². The maximum atomic E-state index is 12.3. The van der Waals surface area contributed by atoms with Gasteiger partial charge in [0.25, 0.3) is 16.0 Å². The number of likely N-dealkylation sites (N-methyl/N-ethyl adjacent to an activating group) is 1. The highest BCUT2D eigenvalue weighted by atomic mass is 32.2. The molecule has 2 atom stereocenters. The molecule has 2 amide bonds. The Bertz CT molecular complexity index is 555.